The van der Waals surface area contributed by atoms with Crippen LogP contribution in [0.2, 0.25) is 0 Å². The highest BCUT2D eigenvalue weighted by atomic mass is 19.1. The Kier molecular flexibility index (Phi) is 6.26. The summed E-state index contributed by atoms with van der Waals surface area (Å²) in [6.45, 7) is 5.02. The Balaban J connectivity index is 1.31. The molecule has 6 heteroatoms. The monoisotopic (exact) mass is 349 g/mol. The minimum Gasteiger partial charge on any atom is -0.494 e. The number of piperazine rings is 1. The highest BCUT2D eigenvalue weighted by molar-refractivity contribution is 5.79. The van der Waals surface area contributed by atoms with E-state index in [1.807, 2.05) is 4.90 Å². The Bertz CT molecular complexity index is 558. The van der Waals surface area contributed by atoms with Gasteiger partial charge in [-0.25, -0.2) is 4.39 Å². The Hall–Kier alpha value is -1.66. The molecule has 5 nitrogen and oxygen atoms in total. The molecule has 1 saturated heterocycles. The van der Waals surface area contributed by atoms with Crippen molar-refractivity contribution in [1.29, 1.82) is 0 Å². The Labute approximate surface area is 148 Å². The van der Waals surface area contributed by atoms with Gasteiger partial charge in [0.1, 0.15) is 11.6 Å². The summed E-state index contributed by atoms with van der Waals surface area (Å²) in [6.07, 6.45) is 3.69. The topological polar surface area (TPSA) is 58.8 Å². The first-order chi connectivity index (χ1) is 12.1. The van der Waals surface area contributed by atoms with Crippen LogP contribution in [0.5, 0.6) is 5.75 Å². The summed E-state index contributed by atoms with van der Waals surface area (Å²) in [5.74, 6) is 0.892. The summed E-state index contributed by atoms with van der Waals surface area (Å²) in [7, 11) is 0. The third kappa shape index (κ3) is 5.16. The van der Waals surface area contributed by atoms with Crippen molar-refractivity contribution in [2.75, 3.05) is 39.3 Å². The number of amides is 1. The van der Waals surface area contributed by atoms with Gasteiger partial charge in [0.25, 0.3) is 0 Å². The largest absolute Gasteiger partial charge is 0.494 e. The quantitative estimate of drug-likeness (QED) is 0.797. The zero-order chi connectivity index (χ0) is 17.6. The molecule has 1 aliphatic carbocycles. The summed E-state index contributed by atoms with van der Waals surface area (Å²) in [5.41, 5.74) is 5.92. The fraction of sp³-hybridized carbons (Fsp3) is 0.632. The highest BCUT2D eigenvalue weighted by Crippen LogP contribution is 2.26. The molecular weight excluding hydrogens is 321 g/mol. The molecule has 1 heterocycles. The maximum Gasteiger partial charge on any atom is 0.225 e. The number of carbonyl (C=O) groups is 1. The van der Waals surface area contributed by atoms with Gasteiger partial charge < -0.3 is 15.4 Å². The average molecular weight is 349 g/mol. The van der Waals surface area contributed by atoms with Gasteiger partial charge >= 0.3 is 0 Å². The van der Waals surface area contributed by atoms with E-state index in [1.54, 1.807) is 12.1 Å². The number of benzene rings is 1. The van der Waals surface area contributed by atoms with Crippen LogP contribution in [0.4, 0.5) is 4.39 Å². The lowest BCUT2D eigenvalue weighted by molar-refractivity contribution is -0.137. The van der Waals surface area contributed by atoms with Gasteiger partial charge in [-0.05, 0) is 49.9 Å². The normalized spacial score (nSPS) is 24.5. The van der Waals surface area contributed by atoms with E-state index < -0.39 is 0 Å². The van der Waals surface area contributed by atoms with Gasteiger partial charge in [-0.15, -0.1) is 0 Å². The second-order valence-electron chi connectivity index (χ2n) is 7.09. The molecule has 138 valence electrons. The number of halogens is 1. The van der Waals surface area contributed by atoms with Gasteiger partial charge in [0.2, 0.25) is 5.91 Å². The molecule has 2 atom stereocenters. The van der Waals surface area contributed by atoms with Crippen LogP contribution < -0.4 is 10.5 Å². The van der Waals surface area contributed by atoms with Gasteiger partial charge in [0.05, 0.1) is 6.61 Å². The van der Waals surface area contributed by atoms with Crippen LogP contribution in [0.15, 0.2) is 24.3 Å². The number of hydrogen-bond donors (Lipinski definition) is 1. The van der Waals surface area contributed by atoms with Crippen LogP contribution in [0, 0.1) is 11.7 Å². The van der Waals surface area contributed by atoms with Crippen LogP contribution in [0.1, 0.15) is 25.7 Å². The van der Waals surface area contributed by atoms with E-state index in [1.165, 1.54) is 12.1 Å². The smallest absolute Gasteiger partial charge is 0.225 e. The van der Waals surface area contributed by atoms with E-state index >= 15 is 0 Å². The molecule has 1 amide bonds. The summed E-state index contributed by atoms with van der Waals surface area (Å²) < 4.78 is 18.4. The van der Waals surface area contributed by atoms with E-state index in [0.717, 1.165) is 58.4 Å². The lowest BCUT2D eigenvalue weighted by Gasteiger charge is -2.36. The Morgan fingerprint density at radius 1 is 1.16 bits per heavy atom. The Morgan fingerprint density at radius 2 is 1.88 bits per heavy atom. The first-order valence-corrected chi connectivity index (χ1v) is 9.27. The fourth-order valence-corrected chi connectivity index (χ4v) is 3.70. The first-order valence-electron chi connectivity index (χ1n) is 9.27. The molecule has 0 spiro atoms. The van der Waals surface area contributed by atoms with Crippen molar-refractivity contribution in [3.05, 3.63) is 30.1 Å². The number of nitrogens with zero attached hydrogens (tertiary/aromatic N) is 2. The first kappa shape index (κ1) is 18.1. The molecule has 1 aromatic rings. The summed E-state index contributed by atoms with van der Waals surface area (Å²) in [4.78, 5) is 16.9. The van der Waals surface area contributed by atoms with E-state index in [9.17, 15) is 9.18 Å². The van der Waals surface area contributed by atoms with Gasteiger partial charge in [-0.3, -0.25) is 9.69 Å². The van der Waals surface area contributed by atoms with Crippen molar-refractivity contribution in [1.82, 2.24) is 9.80 Å². The van der Waals surface area contributed by atoms with Crippen LogP contribution in [-0.2, 0) is 4.79 Å². The van der Waals surface area contributed by atoms with Gasteiger partial charge in [-0.2, -0.15) is 0 Å². The number of hydrogen-bond acceptors (Lipinski definition) is 4. The molecule has 2 unspecified atom stereocenters. The van der Waals surface area contributed by atoms with E-state index in [0.29, 0.717) is 18.3 Å². The molecule has 3 rings (SSSR count). The molecule has 1 saturated carbocycles. The number of ether oxygens (including phenoxy) is 1. The van der Waals surface area contributed by atoms with Gasteiger partial charge in [0, 0.05) is 44.7 Å². The third-order valence-electron chi connectivity index (χ3n) is 5.21. The second-order valence-corrected chi connectivity index (χ2v) is 7.09. The molecule has 0 aromatic heterocycles. The maximum atomic E-state index is 12.8. The lowest BCUT2D eigenvalue weighted by Crippen LogP contribution is -2.50. The molecule has 1 aromatic carbocycles. The number of rotatable bonds is 6. The van der Waals surface area contributed by atoms with E-state index in [2.05, 4.69) is 4.90 Å². The molecule has 2 fully saturated rings. The minimum absolute atomic E-state index is 0.144. The van der Waals surface area contributed by atoms with Crippen molar-refractivity contribution in [2.24, 2.45) is 11.7 Å². The zero-order valence-electron chi connectivity index (χ0n) is 14.7. The van der Waals surface area contributed by atoms with Crippen LogP contribution in [-0.4, -0.2) is 61.1 Å². The molecule has 2 aliphatic rings. The van der Waals surface area contributed by atoms with Crippen molar-refractivity contribution < 1.29 is 13.9 Å². The minimum atomic E-state index is -0.251. The molecule has 2 N–H and O–H groups in total. The summed E-state index contributed by atoms with van der Waals surface area (Å²) in [5, 5.41) is 0. The zero-order valence-corrected chi connectivity index (χ0v) is 14.7. The third-order valence-corrected chi connectivity index (χ3v) is 5.21. The number of carbonyl (C=O) groups excluding carboxylic acids is 1. The highest BCUT2D eigenvalue weighted by Gasteiger charge is 2.32. The van der Waals surface area contributed by atoms with Crippen molar-refractivity contribution >= 4 is 5.91 Å². The molecule has 1 aliphatic heterocycles. The predicted octanol–water partition coefficient (Wildman–Crippen LogP) is 1.87. The van der Waals surface area contributed by atoms with Crippen LogP contribution in [0.3, 0.4) is 0 Å². The SMILES string of the molecule is NC1CCC(C(=O)N2CCN(CCCOc3ccc(F)cc3)CC2)C1. The van der Waals surface area contributed by atoms with E-state index in [4.69, 9.17) is 10.5 Å². The van der Waals surface area contributed by atoms with Crippen molar-refractivity contribution in [2.45, 2.75) is 31.7 Å². The Morgan fingerprint density at radius 3 is 2.52 bits per heavy atom. The number of nitrogens with two attached hydrogens (primary N) is 1. The standard InChI is InChI=1S/C19H28FN3O2/c20-16-3-6-18(7-4-16)25-13-1-8-22-9-11-23(12-10-22)19(24)15-2-5-17(21)14-15/h3-4,6-7,15,17H,1-2,5,8-14,21H2. The molecule has 25 heavy (non-hydrogen) atoms. The average Bonchev–Trinajstić information content (AvgIpc) is 3.06. The predicted molar refractivity (Wildman–Crippen MR) is 94.8 cm³/mol. The van der Waals surface area contributed by atoms with E-state index in [-0.39, 0.29) is 17.8 Å². The molecular formula is C19H28FN3O2. The van der Waals surface area contributed by atoms with Gasteiger partial charge in [-0.1, -0.05) is 0 Å². The maximum absolute atomic E-state index is 12.8. The van der Waals surface area contributed by atoms with Crippen LogP contribution in [0.25, 0.3) is 0 Å². The second kappa shape index (κ2) is 8.63. The van der Waals surface area contributed by atoms with Crippen LogP contribution >= 0.6 is 0 Å². The lowest BCUT2D eigenvalue weighted by atomic mass is 10.1. The summed E-state index contributed by atoms with van der Waals surface area (Å²) >= 11 is 0. The van der Waals surface area contributed by atoms with Crippen molar-refractivity contribution in [3.8, 4) is 5.75 Å². The van der Waals surface area contributed by atoms with Crippen molar-refractivity contribution in [3.63, 3.8) is 0 Å². The van der Waals surface area contributed by atoms with Gasteiger partial charge in [0.15, 0.2) is 0 Å². The molecule has 0 bridgehead atoms. The summed E-state index contributed by atoms with van der Waals surface area (Å²) in [6, 6.07) is 6.31. The molecule has 0 radical (unpaired) electrons. The fourth-order valence-electron chi connectivity index (χ4n) is 3.70.